The lowest BCUT2D eigenvalue weighted by Crippen LogP contribution is -2.59. The third-order valence-electron chi connectivity index (χ3n) is 6.94. The van der Waals surface area contributed by atoms with Crippen molar-refractivity contribution in [2.24, 2.45) is 0 Å². The topological polar surface area (TPSA) is 87.0 Å². The van der Waals surface area contributed by atoms with E-state index >= 15 is 0 Å². The lowest BCUT2D eigenvalue weighted by molar-refractivity contribution is -0.387. The zero-order valence-electron chi connectivity index (χ0n) is 21.3. The first-order chi connectivity index (χ1) is 17.0. The van der Waals surface area contributed by atoms with Crippen LogP contribution in [0, 0.1) is 15.9 Å². The average Bonchev–Trinajstić information content (AvgIpc) is 2.80. The molecule has 9 heteroatoms. The van der Waals surface area contributed by atoms with Gasteiger partial charge in [0.2, 0.25) is 5.82 Å². The van der Waals surface area contributed by atoms with Crippen molar-refractivity contribution in [3.63, 3.8) is 0 Å². The molecule has 0 bridgehead atoms. The van der Waals surface area contributed by atoms with Crippen molar-refractivity contribution in [2.75, 3.05) is 20.3 Å². The summed E-state index contributed by atoms with van der Waals surface area (Å²) in [5.41, 5.74) is 0.207. The van der Waals surface area contributed by atoms with Gasteiger partial charge in [-0.2, -0.15) is 4.39 Å². The molecule has 1 saturated heterocycles. The summed E-state index contributed by atoms with van der Waals surface area (Å²) in [6.07, 6.45) is 5.11. The number of aromatic nitrogens is 1. The monoisotopic (exact) mass is 497 g/mol. The molecule has 3 aromatic rings. The van der Waals surface area contributed by atoms with Crippen LogP contribution < -0.4 is 14.2 Å². The predicted molar refractivity (Wildman–Crippen MR) is 136 cm³/mol. The van der Waals surface area contributed by atoms with Gasteiger partial charge in [0.25, 0.3) is 0 Å². The number of rotatable bonds is 8. The van der Waals surface area contributed by atoms with Crippen LogP contribution in [-0.2, 0) is 0 Å². The maximum Gasteiger partial charge on any atom is 0.305 e. The van der Waals surface area contributed by atoms with Gasteiger partial charge in [-0.15, -0.1) is 0 Å². The number of hydrogen-bond acceptors (Lipinski definition) is 7. The summed E-state index contributed by atoms with van der Waals surface area (Å²) in [5.74, 6) is 0.673. The molecule has 0 radical (unpaired) electrons. The number of pyridine rings is 1. The number of methoxy groups -OCH3 is 1. The first-order valence-electron chi connectivity index (χ1n) is 12.0. The van der Waals surface area contributed by atoms with Gasteiger partial charge in [-0.1, -0.05) is 0 Å². The highest BCUT2D eigenvalue weighted by Crippen LogP contribution is 2.39. The fourth-order valence-electron chi connectivity index (χ4n) is 5.21. The van der Waals surface area contributed by atoms with Crippen LogP contribution in [0.1, 0.15) is 47.0 Å². The summed E-state index contributed by atoms with van der Waals surface area (Å²) < 4.78 is 31.7. The van der Waals surface area contributed by atoms with E-state index in [-0.39, 0.29) is 16.8 Å². The Labute approximate surface area is 210 Å². The van der Waals surface area contributed by atoms with E-state index in [2.05, 4.69) is 37.6 Å². The second-order valence-electron chi connectivity index (χ2n) is 10.3. The molecule has 2 heterocycles. The minimum Gasteiger partial charge on any atom is -0.493 e. The number of nitro groups is 1. The van der Waals surface area contributed by atoms with Crippen molar-refractivity contribution < 1.29 is 23.5 Å². The van der Waals surface area contributed by atoms with E-state index in [4.69, 9.17) is 14.2 Å². The fraction of sp³-hybridized carbons (Fsp3) is 0.444. The SMILES string of the molecule is COc1cc2c(Oc3ccc([N+](=O)[O-])c(F)c3)ccnc2cc1OCCN1C(C)(C)CCCC1(C)C. The fourth-order valence-corrected chi connectivity index (χ4v) is 5.21. The summed E-state index contributed by atoms with van der Waals surface area (Å²) in [6, 6.07) is 8.62. The van der Waals surface area contributed by atoms with Crippen molar-refractivity contribution in [3.05, 3.63) is 58.5 Å². The number of ether oxygens (including phenoxy) is 3. The molecule has 0 N–H and O–H groups in total. The number of likely N-dealkylation sites (tertiary alicyclic amines) is 1. The molecule has 0 amide bonds. The maximum atomic E-state index is 14.1. The third-order valence-corrected chi connectivity index (χ3v) is 6.94. The second kappa shape index (κ2) is 9.89. The van der Waals surface area contributed by atoms with E-state index in [1.54, 1.807) is 31.5 Å². The van der Waals surface area contributed by atoms with Crippen LogP contribution in [0.4, 0.5) is 10.1 Å². The highest BCUT2D eigenvalue weighted by Gasteiger charge is 2.40. The molecule has 1 fully saturated rings. The van der Waals surface area contributed by atoms with Crippen molar-refractivity contribution in [1.29, 1.82) is 0 Å². The highest BCUT2D eigenvalue weighted by atomic mass is 19.1. The quantitative estimate of drug-likeness (QED) is 0.259. The van der Waals surface area contributed by atoms with Crippen molar-refractivity contribution in [3.8, 4) is 23.0 Å². The lowest BCUT2D eigenvalue weighted by atomic mass is 9.80. The summed E-state index contributed by atoms with van der Waals surface area (Å²) in [5, 5.41) is 11.5. The molecule has 0 aliphatic carbocycles. The van der Waals surface area contributed by atoms with E-state index in [9.17, 15) is 14.5 Å². The standard InChI is InChI=1S/C27H32FN3O5/c1-26(2)10-6-11-27(3,4)30(26)13-14-35-25-17-21-19(16-24(25)34-5)23(9-12-29-21)36-18-7-8-22(31(32)33)20(28)15-18/h7-9,12,15-17H,6,10-11,13-14H2,1-5H3. The Morgan fingerprint density at radius 2 is 1.78 bits per heavy atom. The Morgan fingerprint density at radius 3 is 2.42 bits per heavy atom. The van der Waals surface area contributed by atoms with Crippen molar-refractivity contribution in [2.45, 2.75) is 58.0 Å². The molecule has 36 heavy (non-hydrogen) atoms. The number of nitrogens with zero attached hydrogens (tertiary/aromatic N) is 3. The molecule has 0 atom stereocenters. The second-order valence-corrected chi connectivity index (χ2v) is 10.3. The molecule has 4 rings (SSSR count). The largest absolute Gasteiger partial charge is 0.493 e. The smallest absolute Gasteiger partial charge is 0.305 e. The minimum absolute atomic E-state index is 0.101. The third kappa shape index (κ3) is 5.21. The van der Waals surface area contributed by atoms with Crippen molar-refractivity contribution >= 4 is 16.6 Å². The number of halogens is 1. The van der Waals surface area contributed by atoms with Crippen molar-refractivity contribution in [1.82, 2.24) is 9.88 Å². The molecular weight excluding hydrogens is 465 g/mol. The first-order valence-corrected chi connectivity index (χ1v) is 12.0. The molecule has 8 nitrogen and oxygen atoms in total. The van der Waals surface area contributed by atoms with E-state index < -0.39 is 16.4 Å². The summed E-state index contributed by atoms with van der Waals surface area (Å²) in [7, 11) is 1.56. The Kier molecular flexibility index (Phi) is 7.04. The van der Waals surface area contributed by atoms with Gasteiger partial charge in [0.1, 0.15) is 18.1 Å². The van der Waals surface area contributed by atoms with Gasteiger partial charge < -0.3 is 14.2 Å². The van der Waals surface area contributed by atoms with Crippen LogP contribution in [0.25, 0.3) is 10.9 Å². The number of benzene rings is 2. The van der Waals surface area contributed by atoms with Gasteiger partial charge in [-0.3, -0.25) is 20.0 Å². The molecule has 1 aliphatic rings. The van der Waals surface area contributed by atoms with Crippen LogP contribution in [0.2, 0.25) is 0 Å². The Bertz CT molecular complexity index is 1260. The van der Waals surface area contributed by atoms with Gasteiger partial charge >= 0.3 is 5.69 Å². The molecule has 0 unspecified atom stereocenters. The molecule has 1 aliphatic heterocycles. The van der Waals surface area contributed by atoms with Gasteiger partial charge in [-0.05, 0) is 65.2 Å². The Balaban J connectivity index is 1.55. The number of nitro benzene ring substituents is 1. The first kappa shape index (κ1) is 25.6. The Hall–Kier alpha value is -3.46. The maximum absolute atomic E-state index is 14.1. The molecule has 1 aromatic heterocycles. The summed E-state index contributed by atoms with van der Waals surface area (Å²) in [6.45, 7) is 10.4. The average molecular weight is 498 g/mol. The zero-order chi connectivity index (χ0) is 26.1. The molecule has 0 saturated carbocycles. The molecule has 2 aromatic carbocycles. The normalized spacial score (nSPS) is 17.1. The van der Waals surface area contributed by atoms with Gasteiger partial charge in [0.15, 0.2) is 11.5 Å². The molecule has 0 spiro atoms. The zero-order valence-corrected chi connectivity index (χ0v) is 21.3. The molecular formula is C27H32FN3O5. The number of piperidine rings is 1. The van der Waals surface area contributed by atoms with Gasteiger partial charge in [0.05, 0.1) is 17.5 Å². The van der Waals surface area contributed by atoms with E-state index in [0.717, 1.165) is 31.5 Å². The van der Waals surface area contributed by atoms with Crippen LogP contribution in [0.3, 0.4) is 0 Å². The molecule has 192 valence electrons. The Morgan fingerprint density at radius 1 is 1.06 bits per heavy atom. The predicted octanol–water partition coefficient (Wildman–Crippen LogP) is 6.50. The summed E-state index contributed by atoms with van der Waals surface area (Å²) >= 11 is 0. The van der Waals surface area contributed by atoms with Crippen LogP contribution in [0.15, 0.2) is 42.6 Å². The summed E-state index contributed by atoms with van der Waals surface area (Å²) in [4.78, 5) is 17.1. The lowest BCUT2D eigenvalue weighted by Gasteiger charge is -2.53. The highest BCUT2D eigenvalue weighted by molar-refractivity contribution is 5.88. The van der Waals surface area contributed by atoms with E-state index in [1.165, 1.54) is 12.5 Å². The van der Waals surface area contributed by atoms with Gasteiger partial charge in [0, 0.05) is 47.4 Å². The number of hydrogen-bond donors (Lipinski definition) is 0. The van der Waals surface area contributed by atoms with E-state index in [1.807, 2.05) is 0 Å². The van der Waals surface area contributed by atoms with Crippen LogP contribution in [0.5, 0.6) is 23.0 Å². The van der Waals surface area contributed by atoms with Gasteiger partial charge in [-0.25, -0.2) is 0 Å². The van der Waals surface area contributed by atoms with Crippen LogP contribution >= 0.6 is 0 Å². The number of fused-ring (bicyclic) bond motifs is 1. The minimum atomic E-state index is -0.968. The van der Waals surface area contributed by atoms with Crippen LogP contribution in [-0.4, -0.2) is 46.1 Å². The van der Waals surface area contributed by atoms with E-state index in [0.29, 0.717) is 34.8 Å².